The van der Waals surface area contributed by atoms with Crippen LogP contribution in [-0.2, 0) is 19.0 Å². The van der Waals surface area contributed by atoms with Gasteiger partial charge in [0.2, 0.25) is 0 Å². The van der Waals surface area contributed by atoms with E-state index >= 15 is 0 Å². The van der Waals surface area contributed by atoms with Crippen LogP contribution in [0.25, 0.3) is 0 Å². The van der Waals surface area contributed by atoms with Gasteiger partial charge in [-0.3, -0.25) is 9.69 Å². The number of allylic oxidation sites excluding steroid dienone is 2. The van der Waals surface area contributed by atoms with Crippen molar-refractivity contribution in [3.05, 3.63) is 95.6 Å². The van der Waals surface area contributed by atoms with E-state index in [4.69, 9.17) is 14.2 Å². The van der Waals surface area contributed by atoms with E-state index in [1.165, 1.54) is 11.8 Å². The smallest absolute Gasteiger partial charge is 0.415 e. The number of benzene rings is 2. The normalized spacial score (nSPS) is 19.4. The average molecular weight is 407 g/mol. The summed E-state index contributed by atoms with van der Waals surface area (Å²) in [5.74, 6) is 0.221. The van der Waals surface area contributed by atoms with Gasteiger partial charge in [-0.1, -0.05) is 60.7 Å². The quantitative estimate of drug-likeness (QED) is 0.356. The molecule has 0 spiro atoms. The fraction of sp³-hybridized carbons (Fsp3) is 0.250. The van der Waals surface area contributed by atoms with E-state index in [0.717, 1.165) is 11.1 Å². The number of ether oxygens (including phenoxy) is 3. The Morgan fingerprint density at radius 2 is 1.63 bits per heavy atom. The Balaban J connectivity index is 1.99. The lowest BCUT2D eigenvalue weighted by Crippen LogP contribution is -2.22. The van der Waals surface area contributed by atoms with Crippen LogP contribution in [0.1, 0.15) is 44.0 Å². The molecule has 2 atom stereocenters. The van der Waals surface area contributed by atoms with Crippen LogP contribution >= 0.6 is 0 Å². The fourth-order valence-corrected chi connectivity index (χ4v) is 3.34. The molecule has 0 unspecified atom stereocenters. The van der Waals surface area contributed by atoms with Gasteiger partial charge in [0.1, 0.15) is 11.8 Å². The minimum Gasteiger partial charge on any atom is -0.495 e. The summed E-state index contributed by atoms with van der Waals surface area (Å²) in [6, 6.07) is 18.9. The first-order valence-corrected chi connectivity index (χ1v) is 9.80. The molecule has 1 fully saturated rings. The van der Waals surface area contributed by atoms with Gasteiger partial charge < -0.3 is 14.2 Å². The first-order chi connectivity index (χ1) is 14.5. The zero-order valence-corrected chi connectivity index (χ0v) is 17.3. The van der Waals surface area contributed by atoms with Gasteiger partial charge in [0.25, 0.3) is 0 Å². The van der Waals surface area contributed by atoms with Gasteiger partial charge in [-0.2, -0.15) is 0 Å². The topological polar surface area (TPSA) is 65.1 Å². The van der Waals surface area contributed by atoms with Crippen LogP contribution in [0.4, 0.5) is 4.79 Å². The number of hydrogen-bond acceptors (Lipinski definition) is 5. The Kier molecular flexibility index (Phi) is 6.91. The summed E-state index contributed by atoms with van der Waals surface area (Å²) >= 11 is 0. The van der Waals surface area contributed by atoms with Crippen molar-refractivity contribution in [2.45, 2.75) is 32.9 Å². The van der Waals surface area contributed by atoms with Gasteiger partial charge >= 0.3 is 12.1 Å². The first kappa shape index (κ1) is 21.2. The number of amides is 1. The second-order valence-corrected chi connectivity index (χ2v) is 6.74. The molecule has 0 radical (unpaired) electrons. The van der Waals surface area contributed by atoms with Crippen LogP contribution in [0, 0.1) is 0 Å². The molecular formula is C24H25NO5. The molecule has 1 heterocycles. The van der Waals surface area contributed by atoms with Crippen molar-refractivity contribution in [1.29, 1.82) is 0 Å². The molecule has 6 nitrogen and oxygen atoms in total. The molecular weight excluding hydrogens is 382 g/mol. The molecule has 6 heteroatoms. The monoisotopic (exact) mass is 407 g/mol. The van der Waals surface area contributed by atoms with Gasteiger partial charge in [-0.05, 0) is 25.0 Å². The lowest BCUT2D eigenvalue weighted by molar-refractivity contribution is -0.136. The molecule has 0 aliphatic carbocycles. The van der Waals surface area contributed by atoms with Crippen LogP contribution in [0.15, 0.2) is 84.5 Å². The van der Waals surface area contributed by atoms with Crippen LogP contribution in [0.3, 0.4) is 0 Å². The van der Waals surface area contributed by atoms with Gasteiger partial charge in [-0.25, -0.2) is 4.79 Å². The number of cyclic esters (lactones) is 1. The highest BCUT2D eigenvalue weighted by Crippen LogP contribution is 2.43. The number of carbonyl (C=O) groups excluding carboxylic acids is 2. The number of nitrogens with zero attached hydrogens (tertiary/aromatic N) is 1. The van der Waals surface area contributed by atoms with Crippen LogP contribution in [-0.4, -0.2) is 23.6 Å². The van der Waals surface area contributed by atoms with Crippen molar-refractivity contribution in [2.75, 3.05) is 6.61 Å². The summed E-state index contributed by atoms with van der Waals surface area (Å²) in [6.45, 7) is 5.29. The molecule has 1 amide bonds. The van der Waals surface area contributed by atoms with Gasteiger partial charge in [0.15, 0.2) is 11.9 Å². The lowest BCUT2D eigenvalue weighted by Gasteiger charge is -2.23. The van der Waals surface area contributed by atoms with E-state index in [1.807, 2.05) is 67.6 Å². The van der Waals surface area contributed by atoms with Crippen molar-refractivity contribution in [2.24, 2.45) is 0 Å². The molecule has 2 aromatic rings. The lowest BCUT2D eigenvalue weighted by atomic mass is 9.95. The molecule has 0 N–H and O–H groups in total. The molecule has 30 heavy (non-hydrogen) atoms. The summed E-state index contributed by atoms with van der Waals surface area (Å²) in [5, 5.41) is 0. The van der Waals surface area contributed by atoms with Crippen molar-refractivity contribution >= 4 is 12.1 Å². The maximum atomic E-state index is 12.8. The number of hydrogen-bond donors (Lipinski definition) is 0. The second-order valence-electron chi connectivity index (χ2n) is 6.74. The third-order valence-electron chi connectivity index (χ3n) is 4.64. The molecule has 156 valence electrons. The SMILES string of the molecule is CCO/C(C)=C(/C=C/N1C(=O)O[C@@H](c2ccccc2)[C@H]1c1ccccc1)OC(C)=O. The summed E-state index contributed by atoms with van der Waals surface area (Å²) in [6.07, 6.45) is 2.17. The van der Waals surface area contributed by atoms with Crippen LogP contribution in [0.2, 0.25) is 0 Å². The van der Waals surface area contributed by atoms with E-state index in [9.17, 15) is 9.59 Å². The number of esters is 1. The van der Waals surface area contributed by atoms with E-state index in [-0.39, 0.29) is 11.8 Å². The third-order valence-corrected chi connectivity index (χ3v) is 4.64. The van der Waals surface area contributed by atoms with E-state index in [0.29, 0.717) is 12.4 Å². The second kappa shape index (κ2) is 9.78. The van der Waals surface area contributed by atoms with E-state index in [2.05, 4.69) is 0 Å². The first-order valence-electron chi connectivity index (χ1n) is 9.80. The molecule has 2 aromatic carbocycles. The summed E-state index contributed by atoms with van der Waals surface area (Å²) in [4.78, 5) is 25.8. The van der Waals surface area contributed by atoms with Crippen molar-refractivity contribution in [1.82, 2.24) is 4.90 Å². The van der Waals surface area contributed by atoms with Crippen LogP contribution in [0.5, 0.6) is 0 Å². The highest BCUT2D eigenvalue weighted by Gasteiger charge is 2.42. The van der Waals surface area contributed by atoms with E-state index < -0.39 is 18.2 Å². The fourth-order valence-electron chi connectivity index (χ4n) is 3.34. The standard InChI is InChI=1S/C24H25NO5/c1-4-28-17(2)21(29-18(3)26)15-16-25-22(19-11-7-5-8-12-19)23(30-24(25)27)20-13-9-6-10-14-20/h5-16,22-23H,4H2,1-3H3/b16-15+,21-17-/t22-,23+/m1/s1. The Morgan fingerprint density at radius 1 is 1.03 bits per heavy atom. The van der Waals surface area contributed by atoms with Crippen molar-refractivity contribution < 1.29 is 23.8 Å². The summed E-state index contributed by atoms with van der Waals surface area (Å²) in [7, 11) is 0. The maximum Gasteiger partial charge on any atom is 0.415 e. The Hall–Kier alpha value is -3.54. The Labute approximate surface area is 176 Å². The third kappa shape index (κ3) is 4.89. The summed E-state index contributed by atoms with van der Waals surface area (Å²) in [5.41, 5.74) is 1.83. The number of carbonyl (C=O) groups is 2. The molecule has 0 bridgehead atoms. The maximum absolute atomic E-state index is 12.8. The Morgan fingerprint density at radius 3 is 2.20 bits per heavy atom. The zero-order chi connectivity index (χ0) is 21.5. The average Bonchev–Trinajstić information content (AvgIpc) is 3.08. The molecule has 1 saturated heterocycles. The minimum atomic E-state index is -0.481. The zero-order valence-electron chi connectivity index (χ0n) is 17.3. The highest BCUT2D eigenvalue weighted by molar-refractivity contribution is 5.73. The predicted molar refractivity (Wildman–Crippen MR) is 112 cm³/mol. The highest BCUT2D eigenvalue weighted by atomic mass is 16.6. The number of rotatable bonds is 7. The largest absolute Gasteiger partial charge is 0.495 e. The molecule has 1 aliphatic heterocycles. The van der Waals surface area contributed by atoms with E-state index in [1.54, 1.807) is 19.2 Å². The van der Waals surface area contributed by atoms with Crippen LogP contribution < -0.4 is 0 Å². The Bertz CT molecular complexity index is 937. The predicted octanol–water partition coefficient (Wildman–Crippen LogP) is 5.27. The summed E-state index contributed by atoms with van der Waals surface area (Å²) < 4.78 is 16.5. The minimum absolute atomic E-state index is 0.243. The molecule has 3 rings (SSSR count). The van der Waals surface area contributed by atoms with Gasteiger partial charge in [0.05, 0.1) is 6.61 Å². The molecule has 0 aromatic heterocycles. The van der Waals surface area contributed by atoms with Crippen molar-refractivity contribution in [3.8, 4) is 0 Å². The van der Waals surface area contributed by atoms with Gasteiger partial charge in [-0.15, -0.1) is 0 Å². The molecule has 0 saturated carbocycles. The van der Waals surface area contributed by atoms with Crippen molar-refractivity contribution in [3.63, 3.8) is 0 Å². The van der Waals surface area contributed by atoms with Gasteiger partial charge in [0, 0.05) is 19.2 Å². The molecule has 1 aliphatic rings.